The smallest absolute Gasteiger partial charge is 0.211 e. The fraction of sp³-hybridized carbons (Fsp3) is 0.778. The van der Waals surface area contributed by atoms with Crippen molar-refractivity contribution < 1.29 is 8.42 Å². The monoisotopic (exact) mass is 203 g/mol. The van der Waals surface area contributed by atoms with Crippen LogP contribution in [0.4, 0.5) is 0 Å². The van der Waals surface area contributed by atoms with Crippen molar-refractivity contribution in [1.82, 2.24) is 4.72 Å². The average Bonchev–Trinajstić information content (AvgIpc) is 2.02. The van der Waals surface area contributed by atoms with Crippen LogP contribution in [-0.2, 0) is 10.0 Å². The van der Waals surface area contributed by atoms with Crippen LogP contribution in [0.5, 0.6) is 0 Å². The Labute approximate surface area is 81.0 Å². The van der Waals surface area contributed by atoms with E-state index in [1.807, 2.05) is 13.8 Å². The first kappa shape index (κ1) is 12.5. The summed E-state index contributed by atoms with van der Waals surface area (Å²) in [7, 11) is -3.09. The Morgan fingerprint density at radius 2 is 2.08 bits per heavy atom. The van der Waals surface area contributed by atoms with Gasteiger partial charge in [-0.1, -0.05) is 13.8 Å². The van der Waals surface area contributed by atoms with Crippen molar-refractivity contribution >= 4 is 10.0 Å². The molecule has 0 amide bonds. The van der Waals surface area contributed by atoms with E-state index >= 15 is 0 Å². The second-order valence-corrected chi connectivity index (χ2v) is 5.28. The largest absolute Gasteiger partial charge is 0.214 e. The van der Waals surface area contributed by atoms with Crippen LogP contribution < -0.4 is 4.72 Å². The lowest BCUT2D eigenvalue weighted by molar-refractivity contribution is 0.562. The lowest BCUT2D eigenvalue weighted by atomic mass is 10.2. The van der Waals surface area contributed by atoms with Crippen LogP contribution in [0.2, 0.25) is 0 Å². The number of sulfonamides is 1. The summed E-state index contributed by atoms with van der Waals surface area (Å²) in [6.07, 6.45) is 6.13. The first-order chi connectivity index (χ1) is 5.98. The topological polar surface area (TPSA) is 46.2 Å². The summed E-state index contributed by atoms with van der Waals surface area (Å²) in [5, 5.41) is 0. The van der Waals surface area contributed by atoms with Gasteiger partial charge in [-0.25, -0.2) is 13.1 Å². The zero-order valence-electron chi connectivity index (χ0n) is 8.21. The summed E-state index contributed by atoms with van der Waals surface area (Å²) < 4.78 is 24.9. The summed E-state index contributed by atoms with van der Waals surface area (Å²) in [6.45, 7) is 4.34. The molecule has 0 saturated heterocycles. The highest BCUT2D eigenvalue weighted by Crippen LogP contribution is 2.01. The summed E-state index contributed by atoms with van der Waals surface area (Å²) in [5.41, 5.74) is 0. The van der Waals surface area contributed by atoms with Crippen molar-refractivity contribution in [2.24, 2.45) is 5.92 Å². The predicted molar refractivity (Wildman–Crippen MR) is 54.7 cm³/mol. The molecule has 4 heteroatoms. The van der Waals surface area contributed by atoms with Crippen LogP contribution in [0.3, 0.4) is 0 Å². The number of rotatable bonds is 6. The molecular formula is C9H17NO2S. The van der Waals surface area contributed by atoms with Crippen molar-refractivity contribution in [3.8, 4) is 12.3 Å². The molecule has 0 aromatic carbocycles. The van der Waals surface area contributed by atoms with E-state index in [2.05, 4.69) is 10.6 Å². The van der Waals surface area contributed by atoms with Gasteiger partial charge in [0.1, 0.15) is 0 Å². The van der Waals surface area contributed by atoms with E-state index in [9.17, 15) is 8.42 Å². The van der Waals surface area contributed by atoms with Gasteiger partial charge in [0, 0.05) is 13.0 Å². The summed E-state index contributed by atoms with van der Waals surface area (Å²) in [4.78, 5) is 0. The van der Waals surface area contributed by atoms with Crippen molar-refractivity contribution in [3.63, 3.8) is 0 Å². The molecule has 0 rings (SSSR count). The van der Waals surface area contributed by atoms with E-state index in [-0.39, 0.29) is 5.75 Å². The highest BCUT2D eigenvalue weighted by atomic mass is 32.2. The summed E-state index contributed by atoms with van der Waals surface area (Å²) in [5.74, 6) is 2.97. The summed E-state index contributed by atoms with van der Waals surface area (Å²) >= 11 is 0. The Bertz CT molecular complexity index is 262. The Balaban J connectivity index is 3.76. The molecule has 0 aromatic rings. The highest BCUT2D eigenvalue weighted by Gasteiger charge is 2.09. The molecule has 0 aliphatic carbocycles. The first-order valence-electron chi connectivity index (χ1n) is 4.38. The third-order valence-electron chi connectivity index (χ3n) is 1.56. The van der Waals surface area contributed by atoms with E-state index < -0.39 is 10.0 Å². The fourth-order valence-electron chi connectivity index (χ4n) is 0.742. The van der Waals surface area contributed by atoms with Gasteiger partial charge < -0.3 is 0 Å². The molecule has 1 N–H and O–H groups in total. The third-order valence-corrected chi connectivity index (χ3v) is 2.97. The Kier molecular flexibility index (Phi) is 5.76. The van der Waals surface area contributed by atoms with Gasteiger partial charge in [-0.3, -0.25) is 0 Å². The predicted octanol–water partition coefficient (Wildman–Crippen LogP) is 0.975. The minimum Gasteiger partial charge on any atom is -0.214 e. The van der Waals surface area contributed by atoms with Gasteiger partial charge in [0.2, 0.25) is 10.0 Å². The maximum absolute atomic E-state index is 11.2. The van der Waals surface area contributed by atoms with Gasteiger partial charge >= 0.3 is 0 Å². The maximum Gasteiger partial charge on any atom is 0.211 e. The summed E-state index contributed by atoms with van der Waals surface area (Å²) in [6, 6.07) is 0. The number of hydrogen-bond acceptors (Lipinski definition) is 2. The average molecular weight is 203 g/mol. The molecule has 13 heavy (non-hydrogen) atoms. The van der Waals surface area contributed by atoms with E-state index in [1.165, 1.54) is 0 Å². The van der Waals surface area contributed by atoms with Crippen LogP contribution in [0.15, 0.2) is 0 Å². The SMILES string of the molecule is C#CCCNS(=O)(=O)CCC(C)C. The van der Waals surface area contributed by atoms with Crippen LogP contribution in [0, 0.1) is 18.3 Å². The minimum absolute atomic E-state index is 0.190. The van der Waals surface area contributed by atoms with Gasteiger partial charge in [0.15, 0.2) is 0 Å². The Morgan fingerprint density at radius 3 is 2.54 bits per heavy atom. The van der Waals surface area contributed by atoms with E-state index in [4.69, 9.17) is 6.42 Å². The highest BCUT2D eigenvalue weighted by molar-refractivity contribution is 7.89. The minimum atomic E-state index is -3.09. The second-order valence-electron chi connectivity index (χ2n) is 3.35. The van der Waals surface area contributed by atoms with E-state index in [0.29, 0.717) is 25.3 Å². The zero-order chi connectivity index (χ0) is 10.3. The van der Waals surface area contributed by atoms with Crippen molar-refractivity contribution in [1.29, 1.82) is 0 Å². The lowest BCUT2D eigenvalue weighted by Crippen LogP contribution is -2.27. The molecule has 3 nitrogen and oxygen atoms in total. The van der Waals surface area contributed by atoms with Crippen molar-refractivity contribution in [2.75, 3.05) is 12.3 Å². The third kappa shape index (κ3) is 7.82. The van der Waals surface area contributed by atoms with E-state index in [0.717, 1.165) is 0 Å². The van der Waals surface area contributed by atoms with Gasteiger partial charge in [-0.05, 0) is 12.3 Å². The molecule has 0 saturated carbocycles. The Morgan fingerprint density at radius 1 is 1.46 bits per heavy atom. The Hall–Kier alpha value is -0.530. The molecule has 0 unspecified atom stereocenters. The number of nitrogens with one attached hydrogen (secondary N) is 1. The van der Waals surface area contributed by atoms with Crippen LogP contribution >= 0.6 is 0 Å². The molecular weight excluding hydrogens is 186 g/mol. The molecule has 76 valence electrons. The first-order valence-corrected chi connectivity index (χ1v) is 6.04. The van der Waals surface area contributed by atoms with E-state index in [1.54, 1.807) is 0 Å². The number of terminal acetylenes is 1. The molecule has 0 aromatic heterocycles. The molecule has 0 bridgehead atoms. The van der Waals surface area contributed by atoms with Gasteiger partial charge in [0.05, 0.1) is 5.75 Å². The fourth-order valence-corrected chi connectivity index (χ4v) is 2.08. The lowest BCUT2D eigenvalue weighted by Gasteiger charge is -2.06. The molecule has 0 aliphatic heterocycles. The van der Waals surface area contributed by atoms with Crippen molar-refractivity contribution in [3.05, 3.63) is 0 Å². The number of hydrogen-bond donors (Lipinski definition) is 1. The normalized spacial score (nSPS) is 11.5. The molecule has 0 spiro atoms. The molecule has 0 atom stereocenters. The standard InChI is InChI=1S/C9H17NO2S/c1-4-5-7-10-13(11,12)8-6-9(2)3/h1,9-10H,5-8H2,2-3H3. The van der Waals surface area contributed by atoms with Crippen LogP contribution in [-0.4, -0.2) is 20.7 Å². The van der Waals surface area contributed by atoms with Crippen LogP contribution in [0.1, 0.15) is 26.7 Å². The van der Waals surface area contributed by atoms with Crippen LogP contribution in [0.25, 0.3) is 0 Å². The maximum atomic E-state index is 11.2. The van der Waals surface area contributed by atoms with Gasteiger partial charge in [-0.15, -0.1) is 12.3 Å². The van der Waals surface area contributed by atoms with Gasteiger partial charge in [0.25, 0.3) is 0 Å². The molecule has 0 radical (unpaired) electrons. The quantitative estimate of drug-likeness (QED) is 0.516. The molecule has 0 fully saturated rings. The molecule has 0 aliphatic rings. The van der Waals surface area contributed by atoms with Gasteiger partial charge in [-0.2, -0.15) is 0 Å². The zero-order valence-corrected chi connectivity index (χ0v) is 9.02. The van der Waals surface area contributed by atoms with Crippen molar-refractivity contribution in [2.45, 2.75) is 26.7 Å². The second kappa shape index (κ2) is 6.01. The molecule has 0 heterocycles.